The van der Waals surface area contributed by atoms with Crippen molar-refractivity contribution in [2.75, 3.05) is 13.6 Å². The molecule has 1 aliphatic heterocycles. The van der Waals surface area contributed by atoms with E-state index in [1.54, 1.807) is 0 Å². The summed E-state index contributed by atoms with van der Waals surface area (Å²) in [7, 11) is 2.03. The summed E-state index contributed by atoms with van der Waals surface area (Å²) in [4.78, 5) is 22.0. The maximum Gasteiger partial charge on any atom is 0.253 e. The van der Waals surface area contributed by atoms with E-state index in [0.717, 1.165) is 29.8 Å². The van der Waals surface area contributed by atoms with Crippen molar-refractivity contribution in [2.45, 2.75) is 19.0 Å². The second-order valence-corrected chi connectivity index (χ2v) is 6.76. The van der Waals surface area contributed by atoms with Crippen LogP contribution in [0.2, 0.25) is 0 Å². The number of rotatable bonds is 4. The molecule has 0 spiro atoms. The van der Waals surface area contributed by atoms with E-state index in [9.17, 15) is 4.79 Å². The van der Waals surface area contributed by atoms with E-state index in [1.807, 2.05) is 43.4 Å². The van der Waals surface area contributed by atoms with E-state index >= 15 is 0 Å². The van der Waals surface area contributed by atoms with E-state index < -0.39 is 0 Å². The summed E-state index contributed by atoms with van der Waals surface area (Å²) in [6.07, 6.45) is 0.959. The molecule has 26 heavy (non-hydrogen) atoms. The first kappa shape index (κ1) is 16.4. The zero-order chi connectivity index (χ0) is 17.9. The molecule has 0 radical (unpaired) electrons. The largest absolute Gasteiger partial charge is 0.351 e. The Kier molecular flexibility index (Phi) is 4.44. The Bertz CT molecular complexity index is 994. The number of hydrogen-bond donors (Lipinski definition) is 2. The van der Waals surface area contributed by atoms with Gasteiger partial charge in [0.25, 0.3) is 5.56 Å². The number of nitrogens with one attached hydrogen (secondary N) is 2. The summed E-state index contributed by atoms with van der Waals surface area (Å²) in [6, 6.07) is 20.5. The van der Waals surface area contributed by atoms with Crippen LogP contribution in [0.1, 0.15) is 11.1 Å². The van der Waals surface area contributed by atoms with Gasteiger partial charge in [-0.15, -0.1) is 0 Å². The van der Waals surface area contributed by atoms with E-state index in [4.69, 9.17) is 0 Å². The first-order valence-electron chi connectivity index (χ1n) is 8.86. The van der Waals surface area contributed by atoms with Gasteiger partial charge in [-0.3, -0.25) is 4.79 Å². The predicted molar refractivity (Wildman–Crippen MR) is 105 cm³/mol. The fourth-order valence-electron chi connectivity index (χ4n) is 3.41. The highest BCUT2D eigenvalue weighted by molar-refractivity contribution is 5.82. The van der Waals surface area contributed by atoms with Crippen LogP contribution >= 0.6 is 0 Å². The van der Waals surface area contributed by atoms with Crippen molar-refractivity contribution in [3.8, 4) is 0 Å². The second kappa shape index (κ2) is 7.04. The highest BCUT2D eigenvalue weighted by Crippen LogP contribution is 2.12. The Balaban J connectivity index is 1.48. The molecule has 2 N–H and O–H groups in total. The second-order valence-electron chi connectivity index (χ2n) is 6.76. The third-order valence-electron chi connectivity index (χ3n) is 4.74. The van der Waals surface area contributed by atoms with Crippen LogP contribution < -0.4 is 10.9 Å². The van der Waals surface area contributed by atoms with E-state index in [-0.39, 0.29) is 5.56 Å². The molecule has 132 valence electrons. The molecule has 1 atom stereocenters. The van der Waals surface area contributed by atoms with Crippen molar-refractivity contribution < 1.29 is 0 Å². The number of hydrogen-bond acceptors (Lipinski definition) is 2. The molecular weight excluding hydrogens is 324 g/mol. The van der Waals surface area contributed by atoms with Gasteiger partial charge in [0, 0.05) is 24.7 Å². The summed E-state index contributed by atoms with van der Waals surface area (Å²) in [5.41, 5.74) is 2.77. The summed E-state index contributed by atoms with van der Waals surface area (Å²) < 4.78 is 0. The standard InChI is InChI=1S/C21H22N4O/c1-25-14-18(11-15-7-3-2-4-8-15)23-21(25)22-13-17-12-16-9-5-6-10-19(16)24-20(17)26/h2-10,12,18H,11,13-14H2,1H3,(H,22,23)(H,24,26). The van der Waals surface area contributed by atoms with Crippen LogP contribution in [0.15, 0.2) is 70.5 Å². The van der Waals surface area contributed by atoms with Gasteiger partial charge in [0.1, 0.15) is 0 Å². The van der Waals surface area contributed by atoms with Gasteiger partial charge in [-0.05, 0) is 29.5 Å². The highest BCUT2D eigenvalue weighted by Gasteiger charge is 2.24. The van der Waals surface area contributed by atoms with Gasteiger partial charge in [-0.1, -0.05) is 48.5 Å². The number of fused-ring (bicyclic) bond motifs is 1. The van der Waals surface area contributed by atoms with Crippen LogP contribution in [0.4, 0.5) is 0 Å². The fraction of sp³-hybridized carbons (Fsp3) is 0.238. The fourth-order valence-corrected chi connectivity index (χ4v) is 3.41. The molecular formula is C21H22N4O. The van der Waals surface area contributed by atoms with Gasteiger partial charge in [-0.25, -0.2) is 4.99 Å². The molecule has 4 rings (SSSR count). The number of aromatic nitrogens is 1. The molecule has 2 aromatic carbocycles. The molecule has 1 saturated heterocycles. The van der Waals surface area contributed by atoms with Gasteiger partial charge in [0.05, 0.1) is 12.6 Å². The molecule has 5 nitrogen and oxygen atoms in total. The molecule has 1 fully saturated rings. The topological polar surface area (TPSA) is 60.5 Å². The number of aliphatic imine (C=N–C) groups is 1. The summed E-state index contributed by atoms with van der Waals surface area (Å²) in [5, 5.41) is 4.50. The van der Waals surface area contributed by atoms with Crippen LogP contribution in [0.3, 0.4) is 0 Å². The van der Waals surface area contributed by atoms with Crippen molar-refractivity contribution in [3.05, 3.63) is 82.1 Å². The third-order valence-corrected chi connectivity index (χ3v) is 4.74. The van der Waals surface area contributed by atoms with Gasteiger partial charge in [0.2, 0.25) is 0 Å². The van der Waals surface area contributed by atoms with Gasteiger partial charge >= 0.3 is 0 Å². The van der Waals surface area contributed by atoms with Gasteiger partial charge in [-0.2, -0.15) is 0 Å². The smallest absolute Gasteiger partial charge is 0.253 e. The Morgan fingerprint density at radius 1 is 1.12 bits per heavy atom. The lowest BCUT2D eigenvalue weighted by Gasteiger charge is -2.09. The molecule has 5 heteroatoms. The van der Waals surface area contributed by atoms with Crippen LogP contribution in [0.25, 0.3) is 10.9 Å². The molecule has 1 aliphatic rings. The number of guanidine groups is 1. The molecule has 0 saturated carbocycles. The van der Waals surface area contributed by atoms with Gasteiger partial charge < -0.3 is 15.2 Å². The first-order chi connectivity index (χ1) is 12.7. The molecule has 1 aromatic heterocycles. The van der Waals surface area contributed by atoms with Crippen LogP contribution in [0.5, 0.6) is 0 Å². The van der Waals surface area contributed by atoms with Crippen molar-refractivity contribution in [2.24, 2.45) is 4.99 Å². The average Bonchev–Trinajstić information content (AvgIpc) is 3.00. The first-order valence-corrected chi connectivity index (χ1v) is 8.86. The molecule has 1 unspecified atom stereocenters. The number of likely N-dealkylation sites (N-methyl/N-ethyl adjacent to an activating group) is 1. The monoisotopic (exact) mass is 346 g/mol. The van der Waals surface area contributed by atoms with E-state index in [1.165, 1.54) is 5.56 Å². The number of H-pyrrole nitrogens is 1. The number of benzene rings is 2. The van der Waals surface area contributed by atoms with Crippen molar-refractivity contribution >= 4 is 16.9 Å². The van der Waals surface area contributed by atoms with E-state index in [2.05, 4.69) is 44.5 Å². The lowest BCUT2D eigenvalue weighted by atomic mass is 10.1. The average molecular weight is 346 g/mol. The maximum atomic E-state index is 12.3. The molecule has 0 amide bonds. The van der Waals surface area contributed by atoms with Crippen LogP contribution in [-0.4, -0.2) is 35.5 Å². The quantitative estimate of drug-likeness (QED) is 0.763. The van der Waals surface area contributed by atoms with Crippen LogP contribution in [0, 0.1) is 0 Å². The van der Waals surface area contributed by atoms with Crippen molar-refractivity contribution in [1.29, 1.82) is 0 Å². The number of para-hydroxylation sites is 1. The Labute approximate surface area is 152 Å². The number of pyridine rings is 1. The van der Waals surface area contributed by atoms with Crippen molar-refractivity contribution in [1.82, 2.24) is 15.2 Å². The molecule has 2 heterocycles. The minimum Gasteiger partial charge on any atom is -0.351 e. The predicted octanol–water partition coefficient (Wildman–Crippen LogP) is 2.53. The summed E-state index contributed by atoms with van der Waals surface area (Å²) in [5.74, 6) is 0.846. The highest BCUT2D eigenvalue weighted by atomic mass is 16.1. The Hall–Kier alpha value is -3.08. The normalized spacial score (nSPS) is 18.4. The SMILES string of the molecule is CN1CC(Cc2ccccc2)NC1=NCc1cc2ccccc2[nH]c1=O. The lowest BCUT2D eigenvalue weighted by Crippen LogP contribution is -2.30. The van der Waals surface area contributed by atoms with E-state index in [0.29, 0.717) is 18.2 Å². The number of aromatic amines is 1. The van der Waals surface area contributed by atoms with Crippen molar-refractivity contribution in [3.63, 3.8) is 0 Å². The van der Waals surface area contributed by atoms with Gasteiger partial charge in [0.15, 0.2) is 5.96 Å². The Morgan fingerprint density at radius 3 is 2.73 bits per heavy atom. The van der Waals surface area contributed by atoms with Crippen LogP contribution in [-0.2, 0) is 13.0 Å². The number of nitrogens with zero attached hydrogens (tertiary/aromatic N) is 2. The summed E-state index contributed by atoms with van der Waals surface area (Å²) >= 11 is 0. The summed E-state index contributed by atoms with van der Waals surface area (Å²) in [6.45, 7) is 1.27. The minimum absolute atomic E-state index is 0.0745. The molecule has 0 aliphatic carbocycles. The minimum atomic E-state index is -0.0745. The maximum absolute atomic E-state index is 12.3. The Morgan fingerprint density at radius 2 is 1.88 bits per heavy atom. The zero-order valence-electron chi connectivity index (χ0n) is 14.8. The lowest BCUT2D eigenvalue weighted by molar-refractivity contribution is 0.502. The third kappa shape index (κ3) is 3.47. The zero-order valence-corrected chi connectivity index (χ0v) is 14.8. The molecule has 3 aromatic rings. The molecule has 0 bridgehead atoms.